The highest BCUT2D eigenvalue weighted by Crippen LogP contribution is 2.29. The largest absolute Gasteiger partial charge is 0.507 e. The molecule has 0 heterocycles. The lowest BCUT2D eigenvalue weighted by Gasteiger charge is -2.07. The summed E-state index contributed by atoms with van der Waals surface area (Å²) in [6.45, 7) is 1.41. The maximum Gasteiger partial charge on any atom is 0.338 e. The van der Waals surface area contributed by atoms with E-state index in [0.717, 1.165) is 0 Å². The van der Waals surface area contributed by atoms with Crippen LogP contribution in [0.3, 0.4) is 0 Å². The van der Waals surface area contributed by atoms with Crippen molar-refractivity contribution in [2.45, 2.75) is 6.92 Å². The van der Waals surface area contributed by atoms with Crippen molar-refractivity contribution in [1.82, 2.24) is 0 Å². The average molecular weight is 259 g/mol. The fraction of sp³-hybridized carbons (Fsp3) is 0.143. The molecule has 2 aromatic carbocycles. The molecule has 0 aliphatic heterocycles. The van der Waals surface area contributed by atoms with Crippen LogP contribution >= 0.6 is 0 Å². The standard InChI is InChI=1S/C14H13NO4/c1-8(16)15-11-3-4-12-9(6-11)5-10(7-13(12)17)14(18)19-2/h3-7,17H,1-2H3,(H,15,16). The van der Waals surface area contributed by atoms with Crippen molar-refractivity contribution in [1.29, 1.82) is 0 Å². The summed E-state index contributed by atoms with van der Waals surface area (Å²) >= 11 is 0. The molecule has 0 bridgehead atoms. The monoisotopic (exact) mass is 259 g/mol. The van der Waals surface area contributed by atoms with Gasteiger partial charge in [0.2, 0.25) is 5.91 Å². The molecule has 0 radical (unpaired) electrons. The van der Waals surface area contributed by atoms with Crippen molar-refractivity contribution in [3.8, 4) is 5.75 Å². The summed E-state index contributed by atoms with van der Waals surface area (Å²) in [5, 5.41) is 13.8. The van der Waals surface area contributed by atoms with Gasteiger partial charge in [0.25, 0.3) is 0 Å². The molecule has 2 aromatic rings. The van der Waals surface area contributed by atoms with Crippen molar-refractivity contribution in [3.05, 3.63) is 35.9 Å². The Labute approximate surface area is 109 Å². The molecule has 0 aliphatic rings. The van der Waals surface area contributed by atoms with Gasteiger partial charge in [-0.2, -0.15) is 0 Å². The number of fused-ring (bicyclic) bond motifs is 1. The van der Waals surface area contributed by atoms with Crippen molar-refractivity contribution in [3.63, 3.8) is 0 Å². The summed E-state index contributed by atoms with van der Waals surface area (Å²) in [6.07, 6.45) is 0. The molecular formula is C14H13NO4. The molecule has 0 aliphatic carbocycles. The zero-order valence-corrected chi connectivity index (χ0v) is 10.6. The van der Waals surface area contributed by atoms with Gasteiger partial charge in [-0.05, 0) is 35.7 Å². The lowest BCUT2D eigenvalue weighted by atomic mass is 10.0. The van der Waals surface area contributed by atoms with Gasteiger partial charge in [-0.15, -0.1) is 0 Å². The SMILES string of the molecule is COC(=O)c1cc(O)c2ccc(NC(C)=O)cc2c1. The van der Waals surface area contributed by atoms with Crippen LogP contribution in [0.1, 0.15) is 17.3 Å². The van der Waals surface area contributed by atoms with Crippen LogP contribution in [0.4, 0.5) is 5.69 Å². The van der Waals surface area contributed by atoms with E-state index >= 15 is 0 Å². The van der Waals surface area contributed by atoms with Crippen LogP contribution in [-0.4, -0.2) is 24.1 Å². The van der Waals surface area contributed by atoms with Crippen LogP contribution in [0.5, 0.6) is 5.75 Å². The number of aromatic hydroxyl groups is 1. The Morgan fingerprint density at radius 2 is 1.95 bits per heavy atom. The zero-order chi connectivity index (χ0) is 14.0. The molecule has 0 atom stereocenters. The van der Waals surface area contributed by atoms with Gasteiger partial charge in [-0.3, -0.25) is 4.79 Å². The van der Waals surface area contributed by atoms with E-state index in [4.69, 9.17) is 0 Å². The Hall–Kier alpha value is -2.56. The normalized spacial score (nSPS) is 10.2. The van der Waals surface area contributed by atoms with E-state index in [1.165, 1.54) is 20.1 Å². The molecule has 5 heteroatoms. The Morgan fingerprint density at radius 1 is 1.21 bits per heavy atom. The lowest BCUT2D eigenvalue weighted by molar-refractivity contribution is -0.114. The van der Waals surface area contributed by atoms with E-state index in [2.05, 4.69) is 10.1 Å². The van der Waals surface area contributed by atoms with E-state index < -0.39 is 5.97 Å². The van der Waals surface area contributed by atoms with E-state index in [9.17, 15) is 14.7 Å². The molecule has 2 rings (SSSR count). The summed E-state index contributed by atoms with van der Waals surface area (Å²) < 4.78 is 4.62. The number of methoxy groups -OCH3 is 1. The minimum Gasteiger partial charge on any atom is -0.507 e. The zero-order valence-electron chi connectivity index (χ0n) is 10.6. The topological polar surface area (TPSA) is 75.6 Å². The van der Waals surface area contributed by atoms with Gasteiger partial charge in [-0.25, -0.2) is 4.79 Å². The second kappa shape index (κ2) is 4.97. The highest BCUT2D eigenvalue weighted by Gasteiger charge is 2.10. The molecule has 98 valence electrons. The third kappa shape index (κ3) is 2.65. The fourth-order valence-corrected chi connectivity index (χ4v) is 1.87. The van der Waals surface area contributed by atoms with Crippen molar-refractivity contribution >= 4 is 28.3 Å². The van der Waals surface area contributed by atoms with Crippen molar-refractivity contribution in [2.75, 3.05) is 12.4 Å². The number of anilines is 1. The van der Waals surface area contributed by atoms with Crippen LogP contribution < -0.4 is 5.32 Å². The number of hydrogen-bond donors (Lipinski definition) is 2. The van der Waals surface area contributed by atoms with Gasteiger partial charge in [0.15, 0.2) is 0 Å². The third-order valence-electron chi connectivity index (χ3n) is 2.67. The van der Waals surface area contributed by atoms with Crippen LogP contribution in [-0.2, 0) is 9.53 Å². The molecule has 0 unspecified atom stereocenters. The minimum absolute atomic E-state index is 0.00715. The predicted octanol–water partition coefficient (Wildman–Crippen LogP) is 2.29. The van der Waals surface area contributed by atoms with E-state index in [-0.39, 0.29) is 17.2 Å². The molecule has 2 N–H and O–H groups in total. The first-order valence-electron chi connectivity index (χ1n) is 5.64. The van der Waals surface area contributed by atoms with Crippen LogP contribution in [0, 0.1) is 0 Å². The van der Waals surface area contributed by atoms with Crippen LogP contribution in [0.2, 0.25) is 0 Å². The Balaban J connectivity index is 2.56. The average Bonchev–Trinajstić information content (AvgIpc) is 2.36. The molecule has 5 nitrogen and oxygen atoms in total. The highest BCUT2D eigenvalue weighted by molar-refractivity contribution is 6.00. The second-order valence-electron chi connectivity index (χ2n) is 4.10. The predicted molar refractivity (Wildman–Crippen MR) is 71.3 cm³/mol. The Morgan fingerprint density at radius 3 is 2.58 bits per heavy atom. The maximum absolute atomic E-state index is 11.5. The second-order valence-corrected chi connectivity index (χ2v) is 4.10. The Kier molecular flexibility index (Phi) is 3.37. The number of ether oxygens (including phenoxy) is 1. The summed E-state index contributed by atoms with van der Waals surface area (Å²) in [6, 6.07) is 8.00. The van der Waals surface area contributed by atoms with E-state index in [0.29, 0.717) is 16.5 Å². The number of phenols is 1. The summed E-state index contributed by atoms with van der Waals surface area (Å²) in [5.74, 6) is -0.720. The number of rotatable bonds is 2. The number of amides is 1. The van der Waals surface area contributed by atoms with Gasteiger partial charge in [0.1, 0.15) is 5.75 Å². The van der Waals surface area contributed by atoms with Gasteiger partial charge in [0.05, 0.1) is 12.7 Å². The summed E-state index contributed by atoms with van der Waals surface area (Å²) in [5.41, 5.74) is 0.855. The number of nitrogens with one attached hydrogen (secondary N) is 1. The number of hydrogen-bond acceptors (Lipinski definition) is 4. The fourth-order valence-electron chi connectivity index (χ4n) is 1.87. The highest BCUT2D eigenvalue weighted by atomic mass is 16.5. The Bertz CT molecular complexity index is 664. The number of phenolic OH excluding ortho intramolecular Hbond substituents is 1. The third-order valence-corrected chi connectivity index (χ3v) is 2.67. The molecule has 0 saturated heterocycles. The number of carbonyl (C=O) groups is 2. The summed E-state index contributed by atoms with van der Waals surface area (Å²) in [7, 11) is 1.28. The molecule has 19 heavy (non-hydrogen) atoms. The lowest BCUT2D eigenvalue weighted by Crippen LogP contribution is -2.05. The van der Waals surface area contributed by atoms with Gasteiger partial charge < -0.3 is 15.2 Å². The van der Waals surface area contributed by atoms with Gasteiger partial charge in [-0.1, -0.05) is 0 Å². The smallest absolute Gasteiger partial charge is 0.338 e. The van der Waals surface area contributed by atoms with Crippen LogP contribution in [0.15, 0.2) is 30.3 Å². The molecular weight excluding hydrogens is 246 g/mol. The van der Waals surface area contributed by atoms with Gasteiger partial charge >= 0.3 is 5.97 Å². The molecule has 1 amide bonds. The summed E-state index contributed by atoms with van der Waals surface area (Å²) in [4.78, 5) is 22.5. The molecule has 0 saturated carbocycles. The quantitative estimate of drug-likeness (QED) is 0.811. The van der Waals surface area contributed by atoms with E-state index in [1.54, 1.807) is 24.3 Å². The molecule has 0 spiro atoms. The minimum atomic E-state index is -0.526. The molecule has 0 aromatic heterocycles. The van der Waals surface area contributed by atoms with Crippen LogP contribution in [0.25, 0.3) is 10.8 Å². The molecule has 0 fully saturated rings. The van der Waals surface area contributed by atoms with Crippen molar-refractivity contribution < 1.29 is 19.4 Å². The first kappa shape index (κ1) is 12.9. The first-order valence-corrected chi connectivity index (χ1v) is 5.64. The maximum atomic E-state index is 11.5. The van der Waals surface area contributed by atoms with Gasteiger partial charge in [0, 0.05) is 18.0 Å². The number of esters is 1. The first-order chi connectivity index (χ1) is 9.01. The number of benzene rings is 2. The number of carbonyl (C=O) groups excluding carboxylic acids is 2. The van der Waals surface area contributed by atoms with E-state index in [1.807, 2.05) is 0 Å². The van der Waals surface area contributed by atoms with Crippen molar-refractivity contribution in [2.24, 2.45) is 0 Å².